The van der Waals surface area contributed by atoms with E-state index >= 15 is 0 Å². The lowest BCUT2D eigenvalue weighted by molar-refractivity contribution is 0.102. The number of carbonyl (C=O) groups is 1. The van der Waals surface area contributed by atoms with Gasteiger partial charge in [-0.3, -0.25) is 10.6 Å². The average molecular weight is 269 g/mol. The molecule has 2 aromatic carbocycles. The summed E-state index contributed by atoms with van der Waals surface area (Å²) >= 11 is 0. The molecule has 0 saturated heterocycles. The molecule has 20 heavy (non-hydrogen) atoms. The molecule has 0 radical (unpaired) electrons. The van der Waals surface area contributed by atoms with Crippen molar-refractivity contribution in [3.8, 4) is 0 Å². The van der Waals surface area contributed by atoms with Crippen molar-refractivity contribution in [3.63, 3.8) is 0 Å². The van der Waals surface area contributed by atoms with Gasteiger partial charge >= 0.3 is 0 Å². The topological polar surface area (TPSA) is 67.2 Å². The Labute approximate surface area is 119 Å². The van der Waals surface area contributed by atoms with Gasteiger partial charge in [0.25, 0.3) is 5.91 Å². The van der Waals surface area contributed by atoms with E-state index in [1.165, 1.54) is 0 Å². The van der Waals surface area contributed by atoms with E-state index in [1.54, 1.807) is 12.1 Å². The van der Waals surface area contributed by atoms with Gasteiger partial charge in [-0.05, 0) is 67.8 Å². The van der Waals surface area contributed by atoms with Crippen LogP contribution in [0.2, 0.25) is 0 Å². The Morgan fingerprint density at radius 1 is 1.00 bits per heavy atom. The highest BCUT2D eigenvalue weighted by atomic mass is 16.1. The van der Waals surface area contributed by atoms with Crippen LogP contribution in [0.1, 0.15) is 27.0 Å². The van der Waals surface area contributed by atoms with Crippen LogP contribution in [0.15, 0.2) is 36.4 Å². The van der Waals surface area contributed by atoms with Crippen LogP contribution in [0.4, 0.5) is 11.4 Å². The highest BCUT2D eigenvalue weighted by Crippen LogP contribution is 2.18. The van der Waals surface area contributed by atoms with Crippen molar-refractivity contribution in [2.45, 2.75) is 20.8 Å². The lowest BCUT2D eigenvalue weighted by Gasteiger charge is -2.10. The number of nitrogens with two attached hydrogens (primary N) is 1. The molecule has 0 aromatic heterocycles. The van der Waals surface area contributed by atoms with Gasteiger partial charge in [-0.2, -0.15) is 0 Å². The maximum absolute atomic E-state index is 12.2. The number of amides is 1. The van der Waals surface area contributed by atoms with E-state index in [2.05, 4.69) is 16.8 Å². The molecule has 104 valence electrons. The number of hydrogen-bond acceptors (Lipinski definition) is 3. The minimum Gasteiger partial charge on any atom is -0.324 e. The zero-order valence-corrected chi connectivity index (χ0v) is 11.9. The number of aryl methyl sites for hydroxylation is 3. The fourth-order valence-corrected chi connectivity index (χ4v) is 2.22. The largest absolute Gasteiger partial charge is 0.324 e. The van der Waals surface area contributed by atoms with Gasteiger partial charge in [-0.25, -0.2) is 0 Å². The van der Waals surface area contributed by atoms with E-state index in [9.17, 15) is 4.79 Å². The molecule has 2 rings (SSSR count). The maximum Gasteiger partial charge on any atom is 0.255 e. The molecule has 0 heterocycles. The van der Waals surface area contributed by atoms with E-state index in [1.807, 2.05) is 39.0 Å². The Balaban J connectivity index is 2.21. The Morgan fingerprint density at radius 2 is 1.65 bits per heavy atom. The van der Waals surface area contributed by atoms with Gasteiger partial charge in [0, 0.05) is 11.3 Å². The van der Waals surface area contributed by atoms with Gasteiger partial charge in [-0.15, -0.1) is 0 Å². The standard InChI is InChI=1S/C16H19N3O/c1-10-6-11(2)8-14(7-10)18-16(20)13-4-5-15(19-17)12(3)9-13/h4-9,19H,17H2,1-3H3,(H,18,20). The second-order valence-corrected chi connectivity index (χ2v) is 5.00. The Hall–Kier alpha value is -2.33. The van der Waals surface area contributed by atoms with Crippen LogP contribution in [0, 0.1) is 20.8 Å². The number of nitrogen functional groups attached to an aromatic ring is 1. The third-order valence-corrected chi connectivity index (χ3v) is 3.12. The summed E-state index contributed by atoms with van der Waals surface area (Å²) in [6.45, 7) is 5.92. The van der Waals surface area contributed by atoms with Crippen molar-refractivity contribution in [2.24, 2.45) is 5.84 Å². The van der Waals surface area contributed by atoms with Crippen LogP contribution in [-0.4, -0.2) is 5.91 Å². The number of carbonyl (C=O) groups excluding carboxylic acids is 1. The van der Waals surface area contributed by atoms with E-state index in [4.69, 9.17) is 5.84 Å². The molecule has 0 atom stereocenters. The summed E-state index contributed by atoms with van der Waals surface area (Å²) in [6, 6.07) is 11.3. The van der Waals surface area contributed by atoms with Crippen LogP contribution in [0.5, 0.6) is 0 Å². The molecule has 4 nitrogen and oxygen atoms in total. The van der Waals surface area contributed by atoms with Crippen molar-refractivity contribution in [2.75, 3.05) is 10.7 Å². The summed E-state index contributed by atoms with van der Waals surface area (Å²) in [4.78, 5) is 12.2. The van der Waals surface area contributed by atoms with E-state index in [-0.39, 0.29) is 5.91 Å². The van der Waals surface area contributed by atoms with Gasteiger partial charge in [0.2, 0.25) is 0 Å². The lowest BCUT2D eigenvalue weighted by atomic mass is 10.1. The first kappa shape index (κ1) is 14.1. The smallest absolute Gasteiger partial charge is 0.255 e. The van der Waals surface area contributed by atoms with Crippen molar-refractivity contribution in [1.29, 1.82) is 0 Å². The highest BCUT2D eigenvalue weighted by Gasteiger charge is 2.08. The van der Waals surface area contributed by atoms with E-state index in [0.717, 1.165) is 28.1 Å². The molecule has 0 bridgehead atoms. The molecule has 4 N–H and O–H groups in total. The van der Waals surface area contributed by atoms with Gasteiger partial charge in [0.1, 0.15) is 0 Å². The molecule has 0 spiro atoms. The average Bonchev–Trinajstić information content (AvgIpc) is 2.37. The van der Waals surface area contributed by atoms with E-state index in [0.29, 0.717) is 5.56 Å². The SMILES string of the molecule is Cc1cc(C)cc(NC(=O)c2ccc(NN)c(C)c2)c1. The Morgan fingerprint density at radius 3 is 2.20 bits per heavy atom. The van der Waals surface area contributed by atoms with Crippen molar-refractivity contribution in [1.82, 2.24) is 0 Å². The molecular weight excluding hydrogens is 250 g/mol. The first-order valence-corrected chi connectivity index (χ1v) is 6.46. The summed E-state index contributed by atoms with van der Waals surface area (Å²) in [7, 11) is 0. The number of anilines is 2. The van der Waals surface area contributed by atoms with Gasteiger partial charge in [0.15, 0.2) is 0 Å². The second-order valence-electron chi connectivity index (χ2n) is 5.00. The summed E-state index contributed by atoms with van der Waals surface area (Å²) in [5.74, 6) is 5.26. The predicted molar refractivity (Wildman–Crippen MR) is 82.9 cm³/mol. The summed E-state index contributed by atoms with van der Waals surface area (Å²) < 4.78 is 0. The first-order valence-electron chi connectivity index (χ1n) is 6.46. The molecule has 0 saturated carbocycles. The number of hydrazine groups is 1. The van der Waals surface area contributed by atoms with Crippen molar-refractivity contribution in [3.05, 3.63) is 58.7 Å². The predicted octanol–water partition coefficient (Wildman–Crippen LogP) is 3.15. The monoisotopic (exact) mass is 269 g/mol. The first-order chi connectivity index (χ1) is 9.49. The molecule has 0 aliphatic carbocycles. The highest BCUT2D eigenvalue weighted by molar-refractivity contribution is 6.04. The van der Waals surface area contributed by atoms with Crippen molar-refractivity contribution < 1.29 is 4.79 Å². The maximum atomic E-state index is 12.2. The molecule has 0 unspecified atom stereocenters. The van der Waals surface area contributed by atoms with E-state index < -0.39 is 0 Å². The zero-order valence-electron chi connectivity index (χ0n) is 11.9. The third kappa shape index (κ3) is 3.16. The molecular formula is C16H19N3O. The summed E-state index contributed by atoms with van der Waals surface area (Å²) in [5.41, 5.74) is 8.01. The quantitative estimate of drug-likeness (QED) is 0.592. The molecule has 2 aromatic rings. The zero-order chi connectivity index (χ0) is 14.7. The number of benzene rings is 2. The number of hydrogen-bond donors (Lipinski definition) is 3. The summed E-state index contributed by atoms with van der Waals surface area (Å²) in [5, 5.41) is 2.91. The van der Waals surface area contributed by atoms with Crippen molar-refractivity contribution >= 4 is 17.3 Å². The number of nitrogens with one attached hydrogen (secondary N) is 2. The van der Waals surface area contributed by atoms with Crippen LogP contribution in [0.3, 0.4) is 0 Å². The Bertz CT molecular complexity index is 630. The molecule has 0 aliphatic rings. The molecule has 4 heteroatoms. The lowest BCUT2D eigenvalue weighted by Crippen LogP contribution is -2.13. The van der Waals surface area contributed by atoms with Crippen LogP contribution in [-0.2, 0) is 0 Å². The molecule has 1 amide bonds. The van der Waals surface area contributed by atoms with Crippen LogP contribution >= 0.6 is 0 Å². The normalized spacial score (nSPS) is 10.2. The number of rotatable bonds is 3. The minimum absolute atomic E-state index is 0.123. The third-order valence-electron chi connectivity index (χ3n) is 3.12. The van der Waals surface area contributed by atoms with Crippen LogP contribution in [0.25, 0.3) is 0 Å². The van der Waals surface area contributed by atoms with Crippen LogP contribution < -0.4 is 16.6 Å². The second kappa shape index (κ2) is 5.75. The van der Waals surface area contributed by atoms with Gasteiger partial charge < -0.3 is 10.7 Å². The minimum atomic E-state index is -0.123. The molecule has 0 aliphatic heterocycles. The Kier molecular flexibility index (Phi) is 4.05. The summed E-state index contributed by atoms with van der Waals surface area (Å²) in [6.07, 6.45) is 0. The van der Waals surface area contributed by atoms with Gasteiger partial charge in [-0.1, -0.05) is 6.07 Å². The van der Waals surface area contributed by atoms with Gasteiger partial charge in [0.05, 0.1) is 5.69 Å². The fraction of sp³-hybridized carbons (Fsp3) is 0.188. The fourth-order valence-electron chi connectivity index (χ4n) is 2.22. The molecule has 0 fully saturated rings.